The number of hydrogen-bond donors (Lipinski definition) is 5. The molecule has 236 valence electrons. The number of methoxy groups -OCH3 is 1. The van der Waals surface area contributed by atoms with E-state index in [9.17, 15) is 14.4 Å². The van der Waals surface area contributed by atoms with Crippen molar-refractivity contribution in [2.45, 2.75) is 39.2 Å². The van der Waals surface area contributed by atoms with Crippen molar-refractivity contribution < 1.29 is 28.6 Å². The summed E-state index contributed by atoms with van der Waals surface area (Å²) in [5.41, 5.74) is 14.0. The van der Waals surface area contributed by atoms with Crippen LogP contribution < -0.4 is 41.6 Å². The van der Waals surface area contributed by atoms with Gasteiger partial charge in [-0.15, -0.1) is 0 Å². The van der Waals surface area contributed by atoms with E-state index in [1.807, 2.05) is 25.1 Å². The molecule has 44 heavy (non-hydrogen) atoms. The molecule has 0 fully saturated rings. The highest BCUT2D eigenvalue weighted by atomic mass is 16.5. The number of rotatable bonds is 18. The zero-order valence-corrected chi connectivity index (χ0v) is 25.4. The molecular weight excluding hydrogens is 562 g/mol. The van der Waals surface area contributed by atoms with Gasteiger partial charge in [-0.3, -0.25) is 14.4 Å². The van der Waals surface area contributed by atoms with E-state index in [1.165, 1.54) is 7.11 Å². The number of nitrogens with two attached hydrogens (primary N) is 2. The van der Waals surface area contributed by atoms with Crippen LogP contribution in [0, 0.1) is 6.92 Å². The standard InChI is InChI=1S/C33H43N5O6/c1-23-10-11-25(29(20-23)44-18-6-5-17-36-31(39)14-16-35)22-37-32(40)24-12-13-27(30(21-24)42-2)38-33(41)26-8-3-4-9-28(26)43-19-7-15-34/h3-4,8-13,20-21H,5-7,14-19,22,34-35H2,1-2H3,(H,36,39)(H,37,40)(H,38,41). The number of hydrogen-bond acceptors (Lipinski definition) is 8. The minimum atomic E-state index is -0.368. The fourth-order valence-electron chi connectivity index (χ4n) is 4.25. The molecule has 3 amide bonds. The van der Waals surface area contributed by atoms with Crippen molar-refractivity contribution in [3.05, 3.63) is 82.9 Å². The van der Waals surface area contributed by atoms with Gasteiger partial charge in [0.25, 0.3) is 11.8 Å². The lowest BCUT2D eigenvalue weighted by atomic mass is 10.1. The molecule has 3 rings (SSSR count). The monoisotopic (exact) mass is 605 g/mol. The Morgan fingerprint density at radius 3 is 2.32 bits per heavy atom. The Morgan fingerprint density at radius 1 is 0.773 bits per heavy atom. The molecule has 11 nitrogen and oxygen atoms in total. The van der Waals surface area contributed by atoms with Crippen molar-refractivity contribution in [1.82, 2.24) is 10.6 Å². The Bertz CT molecular complexity index is 1400. The van der Waals surface area contributed by atoms with Gasteiger partial charge in [-0.2, -0.15) is 0 Å². The highest BCUT2D eigenvalue weighted by Crippen LogP contribution is 2.28. The number of ether oxygens (including phenoxy) is 3. The van der Waals surface area contributed by atoms with Gasteiger partial charge in [-0.1, -0.05) is 24.3 Å². The third kappa shape index (κ3) is 10.6. The van der Waals surface area contributed by atoms with Crippen molar-refractivity contribution in [2.75, 3.05) is 45.3 Å². The highest BCUT2D eigenvalue weighted by Gasteiger charge is 2.17. The topological polar surface area (TPSA) is 167 Å². The molecule has 0 unspecified atom stereocenters. The van der Waals surface area contributed by atoms with Gasteiger partial charge in [0.15, 0.2) is 0 Å². The first-order valence-electron chi connectivity index (χ1n) is 14.7. The lowest BCUT2D eigenvalue weighted by Crippen LogP contribution is -2.26. The van der Waals surface area contributed by atoms with Crippen molar-refractivity contribution in [3.8, 4) is 17.2 Å². The Kier molecular flexibility index (Phi) is 14.0. The first-order chi connectivity index (χ1) is 21.4. The van der Waals surface area contributed by atoms with Gasteiger partial charge < -0.3 is 41.6 Å². The maximum Gasteiger partial charge on any atom is 0.259 e. The Labute approximate surface area is 258 Å². The molecule has 0 atom stereocenters. The summed E-state index contributed by atoms with van der Waals surface area (Å²) in [6.45, 7) is 4.51. The second-order valence-electron chi connectivity index (χ2n) is 10.1. The summed E-state index contributed by atoms with van der Waals surface area (Å²) < 4.78 is 17.2. The van der Waals surface area contributed by atoms with Crippen LogP contribution in [0.15, 0.2) is 60.7 Å². The predicted octanol–water partition coefficient (Wildman–Crippen LogP) is 3.54. The van der Waals surface area contributed by atoms with E-state index in [0.29, 0.717) is 79.8 Å². The number of anilines is 1. The Morgan fingerprint density at radius 2 is 1.55 bits per heavy atom. The van der Waals surface area contributed by atoms with Crippen LogP contribution in [-0.4, -0.2) is 57.7 Å². The van der Waals surface area contributed by atoms with E-state index in [1.54, 1.807) is 42.5 Å². The zero-order chi connectivity index (χ0) is 31.7. The SMILES string of the molecule is COc1cc(C(=O)NCc2ccc(C)cc2OCCCCNC(=O)CCN)ccc1NC(=O)c1ccccc1OCCCN. The number of unbranched alkanes of at least 4 members (excludes halogenated alkanes) is 1. The molecule has 0 aromatic heterocycles. The maximum atomic E-state index is 13.1. The van der Waals surface area contributed by atoms with Crippen LogP contribution in [0.2, 0.25) is 0 Å². The third-order valence-electron chi connectivity index (χ3n) is 6.63. The Hall–Kier alpha value is -4.61. The molecule has 0 aliphatic heterocycles. The van der Waals surface area contributed by atoms with Gasteiger partial charge >= 0.3 is 0 Å². The van der Waals surface area contributed by atoms with Crippen LogP contribution in [0.1, 0.15) is 57.5 Å². The molecule has 0 bridgehead atoms. The van der Waals surface area contributed by atoms with Crippen LogP contribution in [-0.2, 0) is 11.3 Å². The molecule has 3 aromatic rings. The molecular formula is C33H43N5O6. The van der Waals surface area contributed by atoms with Crippen molar-refractivity contribution >= 4 is 23.4 Å². The molecule has 0 aliphatic carbocycles. The third-order valence-corrected chi connectivity index (χ3v) is 6.63. The average molecular weight is 606 g/mol. The predicted molar refractivity (Wildman–Crippen MR) is 170 cm³/mol. The number of aryl methyl sites for hydroxylation is 1. The molecule has 0 aliphatic rings. The molecule has 7 N–H and O–H groups in total. The zero-order valence-electron chi connectivity index (χ0n) is 25.4. The summed E-state index contributed by atoms with van der Waals surface area (Å²) in [7, 11) is 1.47. The van der Waals surface area contributed by atoms with Gasteiger partial charge in [0, 0.05) is 37.2 Å². The Balaban J connectivity index is 1.58. The van der Waals surface area contributed by atoms with E-state index >= 15 is 0 Å². The molecule has 0 radical (unpaired) electrons. The largest absolute Gasteiger partial charge is 0.495 e. The van der Waals surface area contributed by atoms with Crippen LogP contribution >= 0.6 is 0 Å². The first-order valence-corrected chi connectivity index (χ1v) is 14.7. The molecule has 11 heteroatoms. The van der Waals surface area contributed by atoms with Gasteiger partial charge in [0.05, 0.1) is 31.6 Å². The minimum Gasteiger partial charge on any atom is -0.495 e. The number of carbonyl (C=O) groups is 3. The smallest absolute Gasteiger partial charge is 0.259 e. The summed E-state index contributed by atoms with van der Waals surface area (Å²) in [6, 6.07) is 17.6. The maximum absolute atomic E-state index is 13.1. The number of benzene rings is 3. The lowest BCUT2D eigenvalue weighted by molar-refractivity contribution is -0.120. The van der Waals surface area contributed by atoms with E-state index in [0.717, 1.165) is 24.0 Å². The fraction of sp³-hybridized carbons (Fsp3) is 0.364. The highest BCUT2D eigenvalue weighted by molar-refractivity contribution is 6.07. The van der Waals surface area contributed by atoms with Crippen LogP contribution in [0.5, 0.6) is 17.2 Å². The molecule has 3 aromatic carbocycles. The summed E-state index contributed by atoms with van der Waals surface area (Å²) in [6.07, 6.45) is 2.53. The van der Waals surface area contributed by atoms with Gasteiger partial charge in [-0.05, 0) is 74.7 Å². The number of para-hydroxylation sites is 1. The van der Waals surface area contributed by atoms with E-state index < -0.39 is 0 Å². The average Bonchev–Trinajstić information content (AvgIpc) is 3.02. The van der Waals surface area contributed by atoms with Gasteiger partial charge in [-0.25, -0.2) is 0 Å². The second-order valence-corrected chi connectivity index (χ2v) is 10.1. The minimum absolute atomic E-state index is 0.0484. The van der Waals surface area contributed by atoms with E-state index in [4.69, 9.17) is 25.7 Å². The van der Waals surface area contributed by atoms with Crippen molar-refractivity contribution in [3.63, 3.8) is 0 Å². The molecule has 0 heterocycles. The fourth-order valence-corrected chi connectivity index (χ4v) is 4.25. The summed E-state index contributed by atoms with van der Waals surface area (Å²) in [4.78, 5) is 37.6. The van der Waals surface area contributed by atoms with Crippen LogP contribution in [0.25, 0.3) is 0 Å². The molecule has 0 saturated heterocycles. The van der Waals surface area contributed by atoms with E-state index in [2.05, 4.69) is 16.0 Å². The van der Waals surface area contributed by atoms with Gasteiger partial charge in [0.1, 0.15) is 17.2 Å². The van der Waals surface area contributed by atoms with Crippen LogP contribution in [0.4, 0.5) is 5.69 Å². The number of carbonyl (C=O) groups excluding carboxylic acids is 3. The molecule has 0 saturated carbocycles. The number of nitrogens with one attached hydrogen (secondary N) is 3. The van der Waals surface area contributed by atoms with Crippen LogP contribution in [0.3, 0.4) is 0 Å². The molecule has 0 spiro atoms. The van der Waals surface area contributed by atoms with Crippen molar-refractivity contribution in [1.29, 1.82) is 0 Å². The first kappa shape index (κ1) is 33.9. The normalized spacial score (nSPS) is 10.5. The summed E-state index contributed by atoms with van der Waals surface area (Å²) in [5, 5.41) is 8.61. The summed E-state index contributed by atoms with van der Waals surface area (Å²) >= 11 is 0. The lowest BCUT2D eigenvalue weighted by Gasteiger charge is -2.15. The quantitative estimate of drug-likeness (QED) is 0.137. The summed E-state index contributed by atoms with van der Waals surface area (Å²) in [5.74, 6) is 0.769. The van der Waals surface area contributed by atoms with Gasteiger partial charge in [0.2, 0.25) is 5.91 Å². The van der Waals surface area contributed by atoms with Crippen molar-refractivity contribution in [2.24, 2.45) is 11.5 Å². The number of amides is 3. The van der Waals surface area contributed by atoms with E-state index in [-0.39, 0.29) is 24.3 Å². The second kappa shape index (κ2) is 18.1.